The van der Waals surface area contributed by atoms with Crippen LogP contribution >= 0.6 is 0 Å². The molecule has 0 N–H and O–H groups in total. The highest BCUT2D eigenvalue weighted by Crippen LogP contribution is 2.20. The zero-order chi connectivity index (χ0) is 14.7. The van der Waals surface area contributed by atoms with Gasteiger partial charge >= 0.3 is 5.69 Å². The lowest BCUT2D eigenvalue weighted by molar-refractivity contribution is -0.385. The maximum atomic E-state index is 10.7. The summed E-state index contributed by atoms with van der Waals surface area (Å²) in [7, 11) is 3.61. The van der Waals surface area contributed by atoms with E-state index in [9.17, 15) is 10.1 Å². The van der Waals surface area contributed by atoms with Crippen LogP contribution in [-0.4, -0.2) is 26.7 Å². The summed E-state index contributed by atoms with van der Waals surface area (Å²) in [5.41, 5.74) is 0.505. The van der Waals surface area contributed by atoms with E-state index < -0.39 is 4.92 Å². The molecule has 0 saturated heterocycles. The van der Waals surface area contributed by atoms with E-state index in [0.717, 1.165) is 5.56 Å². The highest BCUT2D eigenvalue weighted by molar-refractivity contribution is 5.51. The van der Waals surface area contributed by atoms with Crippen molar-refractivity contribution >= 4 is 11.5 Å². The van der Waals surface area contributed by atoms with Crippen LogP contribution in [0.4, 0.5) is 11.5 Å². The normalized spacial score (nSPS) is 10.1. The molecule has 8 heteroatoms. The predicted octanol–water partition coefficient (Wildman–Crippen LogP) is 1.23. The van der Waals surface area contributed by atoms with Gasteiger partial charge in [0.25, 0.3) is 0 Å². The van der Waals surface area contributed by atoms with Gasteiger partial charge in [-0.3, -0.25) is 14.8 Å². The predicted molar refractivity (Wildman–Crippen MR) is 70.9 cm³/mol. The Morgan fingerprint density at radius 2 is 2.30 bits per heavy atom. The monoisotopic (exact) mass is 272 g/mol. The largest absolute Gasteiger partial charge is 0.355 e. The van der Waals surface area contributed by atoms with E-state index in [4.69, 9.17) is 5.26 Å². The first-order valence-electron chi connectivity index (χ1n) is 5.75. The van der Waals surface area contributed by atoms with E-state index in [2.05, 4.69) is 10.1 Å². The summed E-state index contributed by atoms with van der Waals surface area (Å²) in [6.45, 7) is 0.545. The van der Waals surface area contributed by atoms with Crippen molar-refractivity contribution in [3.8, 4) is 6.07 Å². The fraction of sp³-hybridized carbons (Fsp3) is 0.250. The third-order valence-electron chi connectivity index (χ3n) is 2.73. The number of nitro groups is 1. The molecule has 0 aliphatic rings. The summed E-state index contributed by atoms with van der Waals surface area (Å²) < 4.78 is 1.69. The Bertz CT molecular complexity index is 687. The molecule has 2 aromatic heterocycles. The Morgan fingerprint density at radius 1 is 1.55 bits per heavy atom. The van der Waals surface area contributed by atoms with Gasteiger partial charge in [-0.1, -0.05) is 0 Å². The van der Waals surface area contributed by atoms with Gasteiger partial charge in [-0.15, -0.1) is 0 Å². The molecular weight excluding hydrogens is 260 g/mol. The number of hydrogen-bond acceptors (Lipinski definition) is 6. The van der Waals surface area contributed by atoms with E-state index in [1.54, 1.807) is 28.9 Å². The van der Waals surface area contributed by atoms with Crippen molar-refractivity contribution < 1.29 is 4.92 Å². The van der Waals surface area contributed by atoms with Gasteiger partial charge in [0, 0.05) is 38.5 Å². The topological polar surface area (TPSA) is 101 Å². The van der Waals surface area contributed by atoms with Crippen molar-refractivity contribution in [3.63, 3.8) is 0 Å². The first-order valence-corrected chi connectivity index (χ1v) is 5.75. The zero-order valence-electron chi connectivity index (χ0n) is 11.0. The van der Waals surface area contributed by atoms with Gasteiger partial charge < -0.3 is 4.90 Å². The number of nitriles is 1. The molecule has 2 aromatic rings. The minimum atomic E-state index is -0.615. The van der Waals surface area contributed by atoms with E-state index in [1.165, 1.54) is 12.1 Å². The third-order valence-corrected chi connectivity index (χ3v) is 2.73. The molecule has 0 radical (unpaired) electrons. The van der Waals surface area contributed by atoms with Crippen LogP contribution in [0.3, 0.4) is 0 Å². The maximum Gasteiger partial charge on any atom is 0.305 e. The molecule has 0 saturated carbocycles. The molecule has 0 bridgehead atoms. The van der Waals surface area contributed by atoms with Gasteiger partial charge in [-0.2, -0.15) is 10.4 Å². The molecule has 8 nitrogen and oxygen atoms in total. The van der Waals surface area contributed by atoms with Crippen LogP contribution in [0.25, 0.3) is 0 Å². The summed E-state index contributed by atoms with van der Waals surface area (Å²) in [6, 6.07) is 4.56. The van der Waals surface area contributed by atoms with Gasteiger partial charge in [-0.25, -0.2) is 4.98 Å². The lowest BCUT2D eigenvalue weighted by Gasteiger charge is -2.17. The molecule has 102 valence electrons. The van der Waals surface area contributed by atoms with Crippen molar-refractivity contribution in [1.29, 1.82) is 5.26 Å². The molecule has 0 aliphatic heterocycles. The molecule has 0 aliphatic carbocycles. The van der Waals surface area contributed by atoms with Crippen LogP contribution in [0.15, 0.2) is 24.5 Å². The van der Waals surface area contributed by atoms with E-state index >= 15 is 0 Å². The second-order valence-corrected chi connectivity index (χ2v) is 4.28. The number of pyridine rings is 1. The number of hydrogen-bond donors (Lipinski definition) is 0. The van der Waals surface area contributed by atoms with Crippen LogP contribution in [0.5, 0.6) is 0 Å². The first kappa shape index (κ1) is 13.5. The summed E-state index contributed by atoms with van der Waals surface area (Å²) in [4.78, 5) is 15.9. The number of aromatic nitrogens is 3. The van der Waals surface area contributed by atoms with E-state index in [1.807, 2.05) is 13.2 Å². The molecule has 0 aromatic carbocycles. The summed E-state index contributed by atoms with van der Waals surface area (Å²) in [5, 5.41) is 23.7. The lowest BCUT2D eigenvalue weighted by atomic mass is 10.3. The van der Waals surface area contributed by atoms with Gasteiger partial charge in [0.05, 0.1) is 11.1 Å². The van der Waals surface area contributed by atoms with Crippen LogP contribution in [0.2, 0.25) is 0 Å². The van der Waals surface area contributed by atoms with Gasteiger partial charge in [0.2, 0.25) is 5.69 Å². The number of rotatable bonds is 4. The first-order chi connectivity index (χ1) is 9.51. The van der Waals surface area contributed by atoms with Crippen LogP contribution in [-0.2, 0) is 13.6 Å². The molecule has 0 fully saturated rings. The van der Waals surface area contributed by atoms with Crippen LogP contribution < -0.4 is 4.90 Å². The van der Waals surface area contributed by atoms with Crippen LogP contribution in [0.1, 0.15) is 11.3 Å². The molecule has 0 amide bonds. The molecule has 0 unspecified atom stereocenters. The number of anilines is 1. The minimum Gasteiger partial charge on any atom is -0.355 e. The standard InChI is InChI=1S/C12H12N6O2/c1-16(7-9-6-14-17(2)8-9)12-4-3-11(18(19)20)10(5-13)15-12/h3-4,6,8H,7H2,1-2H3. The lowest BCUT2D eigenvalue weighted by Crippen LogP contribution is -2.18. The smallest absolute Gasteiger partial charge is 0.305 e. The number of aryl methyl sites for hydroxylation is 1. The average Bonchev–Trinajstić information content (AvgIpc) is 2.83. The highest BCUT2D eigenvalue weighted by atomic mass is 16.6. The fourth-order valence-corrected chi connectivity index (χ4v) is 1.79. The molecule has 2 rings (SSSR count). The highest BCUT2D eigenvalue weighted by Gasteiger charge is 2.17. The zero-order valence-corrected chi connectivity index (χ0v) is 11.0. The molecule has 20 heavy (non-hydrogen) atoms. The second-order valence-electron chi connectivity index (χ2n) is 4.28. The van der Waals surface area contributed by atoms with Crippen molar-refractivity contribution in [2.24, 2.45) is 7.05 Å². The molecule has 0 spiro atoms. The van der Waals surface area contributed by atoms with Crippen molar-refractivity contribution in [3.05, 3.63) is 45.9 Å². The van der Waals surface area contributed by atoms with Crippen molar-refractivity contribution in [2.75, 3.05) is 11.9 Å². The summed E-state index contributed by atoms with van der Waals surface area (Å²) in [5.74, 6) is 0.496. The second kappa shape index (κ2) is 5.36. The van der Waals surface area contributed by atoms with Gasteiger partial charge in [0.15, 0.2) is 0 Å². The van der Waals surface area contributed by atoms with Gasteiger partial charge in [-0.05, 0) is 6.07 Å². The molecule has 2 heterocycles. The summed E-state index contributed by atoms with van der Waals surface area (Å²) >= 11 is 0. The average molecular weight is 272 g/mol. The summed E-state index contributed by atoms with van der Waals surface area (Å²) in [6.07, 6.45) is 3.60. The Balaban J connectivity index is 2.24. The Morgan fingerprint density at radius 3 is 2.85 bits per heavy atom. The maximum absolute atomic E-state index is 10.7. The molecule has 0 atom stereocenters. The van der Waals surface area contributed by atoms with E-state index in [0.29, 0.717) is 12.4 Å². The minimum absolute atomic E-state index is 0.189. The van der Waals surface area contributed by atoms with E-state index in [-0.39, 0.29) is 11.4 Å². The fourth-order valence-electron chi connectivity index (χ4n) is 1.79. The molecular formula is C12H12N6O2. The quantitative estimate of drug-likeness (QED) is 0.613. The van der Waals surface area contributed by atoms with Crippen LogP contribution in [0, 0.1) is 21.4 Å². The third kappa shape index (κ3) is 2.72. The SMILES string of the molecule is CN(Cc1cnn(C)c1)c1ccc([N+](=O)[O-])c(C#N)n1. The Hall–Kier alpha value is -2.95. The Labute approximate surface area is 115 Å². The number of nitrogens with zero attached hydrogens (tertiary/aromatic N) is 6. The van der Waals surface area contributed by atoms with Crippen molar-refractivity contribution in [1.82, 2.24) is 14.8 Å². The Kier molecular flexibility index (Phi) is 3.61. The van der Waals surface area contributed by atoms with Crippen molar-refractivity contribution in [2.45, 2.75) is 6.54 Å². The van der Waals surface area contributed by atoms with Gasteiger partial charge in [0.1, 0.15) is 11.9 Å².